The molecule has 1 aliphatic rings. The number of carbonyl (C=O) groups is 3. The molecule has 1 saturated heterocycles. The minimum absolute atomic E-state index is 0.0774. The number of methoxy groups -OCH3 is 1. The van der Waals surface area contributed by atoms with E-state index in [0.717, 1.165) is 15.8 Å². The highest BCUT2D eigenvalue weighted by Crippen LogP contribution is 2.44. The first-order valence-electron chi connectivity index (χ1n) is 11.5. The molecule has 1 amide bonds. The number of hydrogen-bond acceptors (Lipinski definition) is 8. The van der Waals surface area contributed by atoms with Crippen molar-refractivity contribution in [1.29, 1.82) is 0 Å². The predicted octanol–water partition coefficient (Wildman–Crippen LogP) is 5.66. The molecule has 192 valence electrons. The molecular weight excluding hydrogens is 560 g/mol. The maximum absolute atomic E-state index is 13.3. The normalized spacial score (nSPS) is 16.9. The van der Waals surface area contributed by atoms with Crippen molar-refractivity contribution >= 4 is 55.8 Å². The number of rotatable bonds is 7. The van der Waals surface area contributed by atoms with E-state index in [2.05, 4.69) is 20.9 Å². The Morgan fingerprint density at radius 2 is 1.89 bits per heavy atom. The van der Waals surface area contributed by atoms with Crippen LogP contribution in [0.1, 0.15) is 46.4 Å². The van der Waals surface area contributed by atoms with E-state index in [4.69, 9.17) is 9.47 Å². The summed E-state index contributed by atoms with van der Waals surface area (Å²) >= 11 is 4.39. The molecule has 0 saturated carbocycles. The lowest BCUT2D eigenvalue weighted by molar-refractivity contribution is -0.132. The molecule has 0 bridgehead atoms. The third kappa shape index (κ3) is 5.30. The zero-order valence-electron chi connectivity index (χ0n) is 20.6. The number of aromatic nitrogens is 1. The number of Topliss-reactive ketones (excluding diaryl/α,β-unsaturated/α-hetero) is 1. The van der Waals surface area contributed by atoms with E-state index in [0.29, 0.717) is 35.1 Å². The summed E-state index contributed by atoms with van der Waals surface area (Å²) in [7, 11) is 1.26. The first-order valence-corrected chi connectivity index (χ1v) is 13.1. The fraction of sp³-hybridized carbons (Fsp3) is 0.259. The quantitative estimate of drug-likeness (QED) is 0.165. The van der Waals surface area contributed by atoms with E-state index in [-0.39, 0.29) is 21.3 Å². The van der Waals surface area contributed by atoms with Crippen LogP contribution in [0, 0.1) is 12.8 Å². The van der Waals surface area contributed by atoms with Crippen molar-refractivity contribution in [2.75, 3.05) is 18.6 Å². The molecule has 2 aromatic carbocycles. The number of aliphatic hydroxyl groups is 1. The van der Waals surface area contributed by atoms with Crippen LogP contribution >= 0.6 is 27.3 Å². The lowest BCUT2D eigenvalue weighted by Gasteiger charge is -2.23. The topological polar surface area (TPSA) is 106 Å². The molecule has 10 heteroatoms. The number of anilines is 1. The van der Waals surface area contributed by atoms with Crippen molar-refractivity contribution in [3.63, 3.8) is 0 Å². The van der Waals surface area contributed by atoms with Gasteiger partial charge in [0.2, 0.25) is 0 Å². The van der Waals surface area contributed by atoms with Gasteiger partial charge in [0, 0.05) is 10.0 Å². The smallest absolute Gasteiger partial charge is 0.350 e. The number of aliphatic hydroxyl groups excluding tert-OH is 1. The van der Waals surface area contributed by atoms with E-state index in [1.165, 1.54) is 12.0 Å². The number of esters is 1. The number of benzene rings is 2. The molecule has 2 heterocycles. The molecule has 1 aliphatic heterocycles. The van der Waals surface area contributed by atoms with Gasteiger partial charge in [0.25, 0.3) is 5.78 Å². The van der Waals surface area contributed by atoms with Crippen molar-refractivity contribution in [3.8, 4) is 5.75 Å². The first kappa shape index (κ1) is 26.6. The molecule has 1 unspecified atom stereocenters. The third-order valence-electron chi connectivity index (χ3n) is 5.68. The van der Waals surface area contributed by atoms with Crippen molar-refractivity contribution < 1.29 is 29.0 Å². The Morgan fingerprint density at radius 1 is 1.19 bits per heavy atom. The van der Waals surface area contributed by atoms with Crippen molar-refractivity contribution in [2.45, 2.75) is 26.8 Å². The van der Waals surface area contributed by atoms with Crippen molar-refractivity contribution in [1.82, 2.24) is 4.98 Å². The maximum atomic E-state index is 13.3. The molecule has 0 aliphatic carbocycles. The van der Waals surface area contributed by atoms with Crippen LogP contribution in [0.3, 0.4) is 0 Å². The second kappa shape index (κ2) is 10.9. The first-order chi connectivity index (χ1) is 17.6. The monoisotopic (exact) mass is 584 g/mol. The van der Waals surface area contributed by atoms with Gasteiger partial charge in [0.05, 0.1) is 31.0 Å². The Bertz CT molecular complexity index is 1400. The number of ether oxygens (including phenoxy) is 2. The molecule has 0 radical (unpaired) electrons. The molecule has 1 N–H and O–H groups in total. The highest BCUT2D eigenvalue weighted by molar-refractivity contribution is 9.10. The van der Waals surface area contributed by atoms with Gasteiger partial charge in [-0.05, 0) is 54.8 Å². The fourth-order valence-electron chi connectivity index (χ4n) is 3.92. The second-order valence-electron chi connectivity index (χ2n) is 8.86. The van der Waals surface area contributed by atoms with Gasteiger partial charge in [-0.25, -0.2) is 9.78 Å². The Labute approximate surface area is 226 Å². The van der Waals surface area contributed by atoms with Crippen molar-refractivity contribution in [3.05, 3.63) is 80.3 Å². The Kier molecular flexibility index (Phi) is 7.79. The fourth-order valence-corrected chi connectivity index (χ4v) is 5.35. The van der Waals surface area contributed by atoms with Gasteiger partial charge >= 0.3 is 11.9 Å². The van der Waals surface area contributed by atoms with Gasteiger partial charge in [-0.3, -0.25) is 14.5 Å². The molecule has 3 aromatic rings. The number of carbonyl (C=O) groups excluding carboxylic acids is 3. The van der Waals surface area contributed by atoms with Gasteiger partial charge in [0.15, 0.2) is 5.13 Å². The highest BCUT2D eigenvalue weighted by atomic mass is 79.9. The van der Waals surface area contributed by atoms with E-state index < -0.39 is 23.7 Å². The number of amides is 1. The van der Waals surface area contributed by atoms with Gasteiger partial charge in [-0.15, -0.1) is 0 Å². The van der Waals surface area contributed by atoms with E-state index in [9.17, 15) is 19.5 Å². The zero-order chi connectivity index (χ0) is 26.9. The molecule has 1 aromatic heterocycles. The Morgan fingerprint density at radius 3 is 2.51 bits per heavy atom. The van der Waals surface area contributed by atoms with E-state index in [1.54, 1.807) is 49.4 Å². The Hall–Kier alpha value is -3.50. The van der Waals surface area contributed by atoms with Gasteiger partial charge < -0.3 is 14.6 Å². The van der Waals surface area contributed by atoms with Crippen LogP contribution in [0.5, 0.6) is 5.75 Å². The molecular formula is C27H25BrN2O6S. The predicted molar refractivity (Wildman–Crippen MR) is 144 cm³/mol. The van der Waals surface area contributed by atoms with Crippen LogP contribution in [-0.4, -0.2) is 41.5 Å². The highest BCUT2D eigenvalue weighted by Gasteiger charge is 2.48. The number of aryl methyl sites for hydroxylation is 1. The lowest BCUT2D eigenvalue weighted by atomic mass is 9.95. The summed E-state index contributed by atoms with van der Waals surface area (Å²) in [4.78, 5) is 44.7. The number of halogens is 1. The van der Waals surface area contributed by atoms with E-state index in [1.807, 2.05) is 19.9 Å². The average molecular weight is 585 g/mol. The van der Waals surface area contributed by atoms with Crippen LogP contribution in [0.4, 0.5) is 5.13 Å². The summed E-state index contributed by atoms with van der Waals surface area (Å²) in [5, 5.41) is 11.5. The molecule has 8 nitrogen and oxygen atoms in total. The largest absolute Gasteiger partial charge is 0.507 e. The number of nitrogens with zero attached hydrogens (tertiary/aromatic N) is 2. The molecule has 0 spiro atoms. The number of thiazole rings is 1. The second-order valence-corrected chi connectivity index (χ2v) is 10.7. The minimum atomic E-state index is -0.967. The minimum Gasteiger partial charge on any atom is -0.507 e. The maximum Gasteiger partial charge on any atom is 0.350 e. The van der Waals surface area contributed by atoms with Crippen LogP contribution < -0.4 is 9.64 Å². The zero-order valence-corrected chi connectivity index (χ0v) is 23.1. The van der Waals surface area contributed by atoms with Crippen LogP contribution in [-0.2, 0) is 14.3 Å². The summed E-state index contributed by atoms with van der Waals surface area (Å²) in [6, 6.07) is 12.8. The molecule has 1 atom stereocenters. The summed E-state index contributed by atoms with van der Waals surface area (Å²) < 4.78 is 11.3. The number of ketones is 1. The average Bonchev–Trinajstić information content (AvgIpc) is 3.38. The van der Waals surface area contributed by atoms with Gasteiger partial charge in [0.1, 0.15) is 16.4 Å². The summed E-state index contributed by atoms with van der Waals surface area (Å²) in [6.07, 6.45) is 0. The van der Waals surface area contributed by atoms with Crippen LogP contribution in [0.25, 0.3) is 5.76 Å². The third-order valence-corrected chi connectivity index (χ3v) is 7.31. The standard InChI is InChI=1S/C27H25BrN2O6S/c1-14(2)13-36-19-10-8-16(9-11-19)22(31)20-21(17-6-5-7-18(28)12-17)30(25(33)23(20)32)27-29-15(3)24(37-27)26(34)35-4/h5-12,14,21,31H,13H2,1-4H3/b22-20+. The van der Waals surface area contributed by atoms with Crippen molar-refractivity contribution in [2.24, 2.45) is 5.92 Å². The summed E-state index contributed by atoms with van der Waals surface area (Å²) in [5.74, 6) is -1.63. The van der Waals surface area contributed by atoms with Gasteiger partial charge in [-0.2, -0.15) is 0 Å². The van der Waals surface area contributed by atoms with Crippen LogP contribution in [0.2, 0.25) is 0 Å². The summed E-state index contributed by atoms with van der Waals surface area (Å²) in [5.41, 5.74) is 1.24. The van der Waals surface area contributed by atoms with E-state index >= 15 is 0 Å². The molecule has 37 heavy (non-hydrogen) atoms. The lowest BCUT2D eigenvalue weighted by Crippen LogP contribution is -2.29. The molecule has 4 rings (SSSR count). The number of hydrogen-bond donors (Lipinski definition) is 1. The Balaban J connectivity index is 1.84. The van der Waals surface area contributed by atoms with Crippen LogP contribution in [0.15, 0.2) is 58.6 Å². The van der Waals surface area contributed by atoms with Gasteiger partial charge in [-0.1, -0.05) is 53.2 Å². The molecule has 1 fully saturated rings. The SMILES string of the molecule is COC(=O)c1sc(N2C(=O)C(=O)/C(=C(/O)c3ccc(OCC(C)C)cc3)C2c2cccc(Br)c2)nc1C. The summed E-state index contributed by atoms with van der Waals surface area (Å²) in [6.45, 7) is 6.25.